The molecule has 0 saturated heterocycles. The Balaban J connectivity index is 1.69. The molecular weight excluding hydrogens is 494 g/mol. The number of thiophene rings is 1. The van der Waals surface area contributed by atoms with E-state index in [0.717, 1.165) is 5.69 Å². The lowest BCUT2D eigenvalue weighted by Crippen LogP contribution is -1.96. The molecule has 3 nitrogen and oxygen atoms in total. The van der Waals surface area contributed by atoms with Crippen LogP contribution >= 0.6 is 11.3 Å². The molecule has 5 aromatic carbocycles. The molecule has 39 heavy (non-hydrogen) atoms. The van der Waals surface area contributed by atoms with Crippen molar-refractivity contribution in [3.05, 3.63) is 128 Å². The fourth-order valence-electron chi connectivity index (χ4n) is 6.48. The van der Waals surface area contributed by atoms with Crippen LogP contribution in [0, 0.1) is 0 Å². The molecule has 0 saturated carbocycles. The van der Waals surface area contributed by atoms with Crippen LogP contribution in [0.15, 0.2) is 128 Å². The number of benzene rings is 5. The van der Waals surface area contributed by atoms with Gasteiger partial charge >= 0.3 is 0 Å². The summed E-state index contributed by atoms with van der Waals surface area (Å²) in [5.74, 6) is 0. The predicted octanol–water partition coefficient (Wildman–Crippen LogP) is 9.64. The van der Waals surface area contributed by atoms with E-state index in [-0.39, 0.29) is 0 Å². The monoisotopic (exact) mass is 515 g/mol. The van der Waals surface area contributed by atoms with E-state index in [9.17, 15) is 0 Å². The molecule has 0 fully saturated rings. The van der Waals surface area contributed by atoms with Gasteiger partial charge in [0.2, 0.25) is 0 Å². The summed E-state index contributed by atoms with van der Waals surface area (Å²) in [4.78, 5) is 4.52. The van der Waals surface area contributed by atoms with Gasteiger partial charge in [0.05, 0.1) is 38.7 Å². The topological polar surface area (TPSA) is 22.8 Å². The molecule has 0 amide bonds. The van der Waals surface area contributed by atoms with Crippen LogP contribution in [0.1, 0.15) is 0 Å². The van der Waals surface area contributed by atoms with Crippen LogP contribution in [0.2, 0.25) is 0 Å². The first-order valence-electron chi connectivity index (χ1n) is 13.2. The molecule has 0 aliphatic heterocycles. The molecule has 0 bridgehead atoms. The standard InChI is InChI=1S/C35H21N3S/c1-2-11-22(12-3-1)37-27-17-7-5-15-25(27)31-30-24-14-4-8-18-28(24)38(23-13-10-20-36-21-23)33(30)32-26-16-6-9-19-29(26)39-35(32)34(31)37/h1-21H. The van der Waals surface area contributed by atoms with Crippen molar-refractivity contribution >= 4 is 75.1 Å². The highest BCUT2D eigenvalue weighted by Crippen LogP contribution is 2.50. The summed E-state index contributed by atoms with van der Waals surface area (Å²) in [7, 11) is 0. The molecule has 0 aliphatic carbocycles. The zero-order valence-electron chi connectivity index (χ0n) is 20.9. The average Bonchev–Trinajstić information content (AvgIpc) is 3.66. The van der Waals surface area contributed by atoms with Crippen molar-refractivity contribution in [2.75, 3.05) is 0 Å². The lowest BCUT2D eigenvalue weighted by atomic mass is 10.0. The smallest absolute Gasteiger partial charge is 0.0727 e. The maximum atomic E-state index is 4.52. The molecule has 9 rings (SSSR count). The van der Waals surface area contributed by atoms with E-state index in [0.29, 0.717) is 0 Å². The molecule has 9 aromatic rings. The minimum Gasteiger partial charge on any atom is -0.308 e. The van der Waals surface area contributed by atoms with E-state index in [1.54, 1.807) is 0 Å². The van der Waals surface area contributed by atoms with Crippen LogP contribution in [0.3, 0.4) is 0 Å². The Morgan fingerprint density at radius 2 is 1.08 bits per heavy atom. The van der Waals surface area contributed by atoms with Crippen LogP contribution in [0.5, 0.6) is 0 Å². The second kappa shape index (κ2) is 7.79. The predicted molar refractivity (Wildman–Crippen MR) is 166 cm³/mol. The number of hydrogen-bond acceptors (Lipinski definition) is 2. The second-order valence-corrected chi connectivity index (χ2v) is 11.1. The van der Waals surface area contributed by atoms with Crippen LogP contribution in [0.25, 0.3) is 75.2 Å². The number of aromatic nitrogens is 3. The van der Waals surface area contributed by atoms with Crippen molar-refractivity contribution in [1.82, 2.24) is 14.1 Å². The first kappa shape index (κ1) is 21.1. The van der Waals surface area contributed by atoms with Gasteiger partial charge in [0, 0.05) is 48.9 Å². The largest absolute Gasteiger partial charge is 0.308 e. The van der Waals surface area contributed by atoms with Crippen molar-refractivity contribution in [2.45, 2.75) is 0 Å². The second-order valence-electron chi connectivity index (χ2n) is 10.0. The highest BCUT2D eigenvalue weighted by molar-refractivity contribution is 7.27. The maximum absolute atomic E-state index is 4.52. The van der Waals surface area contributed by atoms with E-state index in [1.165, 1.54) is 69.5 Å². The van der Waals surface area contributed by atoms with Crippen molar-refractivity contribution in [3.63, 3.8) is 0 Å². The van der Waals surface area contributed by atoms with Gasteiger partial charge < -0.3 is 9.13 Å². The normalized spacial score (nSPS) is 12.1. The minimum absolute atomic E-state index is 1.08. The molecule has 4 heteroatoms. The van der Waals surface area contributed by atoms with Crippen molar-refractivity contribution in [3.8, 4) is 11.4 Å². The third-order valence-electron chi connectivity index (χ3n) is 7.97. The van der Waals surface area contributed by atoms with Gasteiger partial charge in [-0.2, -0.15) is 0 Å². The van der Waals surface area contributed by atoms with E-state index >= 15 is 0 Å². The Hall–Kier alpha value is -4.93. The van der Waals surface area contributed by atoms with E-state index in [1.807, 2.05) is 29.8 Å². The first-order valence-corrected chi connectivity index (χ1v) is 14.0. The van der Waals surface area contributed by atoms with Crippen molar-refractivity contribution in [1.29, 1.82) is 0 Å². The highest BCUT2D eigenvalue weighted by atomic mass is 32.1. The Labute approximate surface area is 227 Å². The lowest BCUT2D eigenvalue weighted by molar-refractivity contribution is 1.15. The van der Waals surface area contributed by atoms with Crippen LogP contribution in [-0.4, -0.2) is 14.1 Å². The molecule has 0 radical (unpaired) electrons. The number of fused-ring (bicyclic) bond motifs is 12. The van der Waals surface area contributed by atoms with E-state index < -0.39 is 0 Å². The van der Waals surface area contributed by atoms with Crippen LogP contribution in [-0.2, 0) is 0 Å². The van der Waals surface area contributed by atoms with Gasteiger partial charge in [-0.25, -0.2) is 0 Å². The van der Waals surface area contributed by atoms with Gasteiger partial charge in [0.1, 0.15) is 0 Å². The number of para-hydroxylation sites is 3. The third-order valence-corrected chi connectivity index (χ3v) is 9.14. The Morgan fingerprint density at radius 3 is 1.79 bits per heavy atom. The number of rotatable bonds is 2. The summed E-state index contributed by atoms with van der Waals surface area (Å²) in [6, 6.07) is 41.5. The quantitative estimate of drug-likeness (QED) is 0.225. The maximum Gasteiger partial charge on any atom is 0.0727 e. The fourth-order valence-corrected chi connectivity index (χ4v) is 7.73. The van der Waals surface area contributed by atoms with Gasteiger partial charge in [-0.1, -0.05) is 72.8 Å². The summed E-state index contributed by atoms with van der Waals surface area (Å²) < 4.78 is 7.51. The Morgan fingerprint density at radius 1 is 0.487 bits per heavy atom. The molecule has 0 spiro atoms. The third kappa shape index (κ3) is 2.73. The van der Waals surface area contributed by atoms with Crippen molar-refractivity contribution < 1.29 is 0 Å². The van der Waals surface area contributed by atoms with Gasteiger partial charge in [-0.05, 0) is 42.5 Å². The molecule has 4 aromatic heterocycles. The van der Waals surface area contributed by atoms with Crippen LogP contribution < -0.4 is 0 Å². The van der Waals surface area contributed by atoms with Gasteiger partial charge in [0.25, 0.3) is 0 Å². The van der Waals surface area contributed by atoms with Gasteiger partial charge in [-0.3, -0.25) is 4.98 Å². The average molecular weight is 516 g/mol. The number of nitrogens with zero attached hydrogens (tertiary/aromatic N) is 3. The molecule has 0 aliphatic rings. The SMILES string of the molecule is c1ccc(-n2c3ccccc3c3c4c5ccccc5n(-c5cccnc5)c4c4c5ccccc5sc4c32)cc1. The summed E-state index contributed by atoms with van der Waals surface area (Å²) >= 11 is 1.89. The van der Waals surface area contributed by atoms with Gasteiger partial charge in [0.15, 0.2) is 0 Å². The summed E-state index contributed by atoms with van der Waals surface area (Å²) in [5.41, 5.74) is 7.20. The molecule has 0 N–H and O–H groups in total. The Kier molecular flexibility index (Phi) is 4.21. The zero-order chi connectivity index (χ0) is 25.5. The summed E-state index contributed by atoms with van der Waals surface area (Å²) in [5, 5.41) is 7.73. The lowest BCUT2D eigenvalue weighted by Gasteiger charge is -2.11. The van der Waals surface area contributed by atoms with E-state index in [2.05, 4.69) is 123 Å². The first-order chi connectivity index (χ1) is 19.4. The summed E-state index contributed by atoms with van der Waals surface area (Å²) in [6.45, 7) is 0. The number of hydrogen-bond donors (Lipinski definition) is 0. The minimum atomic E-state index is 1.08. The molecule has 0 unspecified atom stereocenters. The molecule has 182 valence electrons. The molecular formula is C35H21N3S. The summed E-state index contributed by atoms with van der Waals surface area (Å²) in [6.07, 6.45) is 3.82. The van der Waals surface area contributed by atoms with E-state index in [4.69, 9.17) is 0 Å². The Bertz CT molecular complexity index is 2370. The fraction of sp³-hybridized carbons (Fsp3) is 0. The highest BCUT2D eigenvalue weighted by Gasteiger charge is 2.26. The number of pyridine rings is 1. The molecule has 4 heterocycles. The van der Waals surface area contributed by atoms with Gasteiger partial charge in [-0.15, -0.1) is 11.3 Å². The van der Waals surface area contributed by atoms with Crippen LogP contribution in [0.4, 0.5) is 0 Å². The van der Waals surface area contributed by atoms with Crippen molar-refractivity contribution in [2.24, 2.45) is 0 Å². The molecule has 0 atom stereocenters. The zero-order valence-corrected chi connectivity index (χ0v) is 21.7.